The molecular formula is C17H18N2O3S. The summed E-state index contributed by atoms with van der Waals surface area (Å²) in [6, 6.07) is 9.54. The standard InChI is InChI=1S/C17H18N2O3S/c1-11(20)19-16(10-15(18-19)17-5-4-6-23-17)12-7-13(21-2)9-14(8-12)22-3/h4-9,16H,10H2,1-3H3/t16-/m0/s1. The fourth-order valence-electron chi connectivity index (χ4n) is 2.67. The molecule has 0 radical (unpaired) electrons. The number of hydrogen-bond donors (Lipinski definition) is 0. The van der Waals surface area contributed by atoms with Gasteiger partial charge in [0.05, 0.1) is 30.9 Å². The molecular weight excluding hydrogens is 312 g/mol. The van der Waals surface area contributed by atoms with E-state index in [9.17, 15) is 4.79 Å². The fourth-order valence-corrected chi connectivity index (χ4v) is 3.39. The van der Waals surface area contributed by atoms with E-state index in [0.717, 1.165) is 16.2 Å². The maximum absolute atomic E-state index is 12.0. The maximum Gasteiger partial charge on any atom is 0.240 e. The first-order valence-corrected chi connectivity index (χ1v) is 8.14. The Morgan fingerprint density at radius 3 is 2.48 bits per heavy atom. The van der Waals surface area contributed by atoms with E-state index in [4.69, 9.17) is 9.47 Å². The third kappa shape index (κ3) is 3.07. The lowest BCUT2D eigenvalue weighted by Crippen LogP contribution is -2.24. The predicted molar refractivity (Wildman–Crippen MR) is 90.3 cm³/mol. The zero-order valence-corrected chi connectivity index (χ0v) is 14.1. The maximum atomic E-state index is 12.0. The second-order valence-electron chi connectivity index (χ2n) is 5.25. The van der Waals surface area contributed by atoms with E-state index >= 15 is 0 Å². The monoisotopic (exact) mass is 330 g/mol. The first kappa shape index (κ1) is 15.6. The summed E-state index contributed by atoms with van der Waals surface area (Å²) in [5.74, 6) is 1.32. The Morgan fingerprint density at radius 2 is 1.96 bits per heavy atom. The Balaban J connectivity index is 1.97. The second kappa shape index (κ2) is 6.42. The van der Waals surface area contributed by atoms with Crippen LogP contribution < -0.4 is 9.47 Å². The second-order valence-corrected chi connectivity index (χ2v) is 6.20. The van der Waals surface area contributed by atoms with Crippen molar-refractivity contribution in [2.24, 2.45) is 5.10 Å². The van der Waals surface area contributed by atoms with Gasteiger partial charge in [-0.1, -0.05) is 6.07 Å². The molecule has 0 unspecified atom stereocenters. The van der Waals surface area contributed by atoms with Crippen LogP contribution in [0.5, 0.6) is 11.5 Å². The van der Waals surface area contributed by atoms with Gasteiger partial charge in [-0.3, -0.25) is 4.79 Å². The molecule has 5 nitrogen and oxygen atoms in total. The van der Waals surface area contributed by atoms with E-state index in [1.165, 1.54) is 6.92 Å². The number of hydrogen-bond acceptors (Lipinski definition) is 5. The van der Waals surface area contributed by atoms with E-state index < -0.39 is 0 Å². The minimum absolute atomic E-state index is 0.0802. The smallest absolute Gasteiger partial charge is 0.240 e. The van der Waals surface area contributed by atoms with Crippen molar-refractivity contribution in [3.63, 3.8) is 0 Å². The van der Waals surface area contributed by atoms with E-state index in [1.807, 2.05) is 35.7 Å². The third-order valence-corrected chi connectivity index (χ3v) is 4.72. The molecule has 1 aromatic carbocycles. The number of rotatable bonds is 4. The van der Waals surface area contributed by atoms with Crippen molar-refractivity contribution >= 4 is 23.0 Å². The number of amides is 1. The number of methoxy groups -OCH3 is 2. The number of thiophene rings is 1. The molecule has 3 rings (SSSR count). The van der Waals surface area contributed by atoms with Gasteiger partial charge in [-0.2, -0.15) is 5.10 Å². The SMILES string of the molecule is COc1cc(OC)cc([C@@H]2CC(c3cccs3)=NN2C(C)=O)c1. The van der Waals surface area contributed by atoms with Gasteiger partial charge in [0.15, 0.2) is 0 Å². The van der Waals surface area contributed by atoms with Crippen molar-refractivity contribution in [3.8, 4) is 11.5 Å². The van der Waals surface area contributed by atoms with Gasteiger partial charge in [-0.15, -0.1) is 11.3 Å². The molecule has 0 fully saturated rings. The van der Waals surface area contributed by atoms with Crippen LogP contribution in [0.25, 0.3) is 0 Å². The van der Waals surface area contributed by atoms with Crippen LogP contribution in [0.4, 0.5) is 0 Å². The number of benzene rings is 1. The van der Waals surface area contributed by atoms with Gasteiger partial charge in [0, 0.05) is 19.4 Å². The largest absolute Gasteiger partial charge is 0.497 e. The molecule has 1 amide bonds. The van der Waals surface area contributed by atoms with Gasteiger partial charge in [0.25, 0.3) is 0 Å². The topological polar surface area (TPSA) is 51.1 Å². The molecule has 1 aliphatic heterocycles. The number of carbonyl (C=O) groups is 1. The van der Waals surface area contributed by atoms with Crippen LogP contribution in [-0.2, 0) is 4.79 Å². The molecule has 1 aromatic heterocycles. The van der Waals surface area contributed by atoms with Gasteiger partial charge in [0.1, 0.15) is 11.5 Å². The Bertz CT molecular complexity index is 718. The normalized spacial score (nSPS) is 17.1. The number of ether oxygens (including phenoxy) is 2. The van der Waals surface area contributed by atoms with Crippen molar-refractivity contribution in [1.29, 1.82) is 0 Å². The summed E-state index contributed by atoms with van der Waals surface area (Å²) < 4.78 is 10.7. The average molecular weight is 330 g/mol. The number of nitrogens with zero attached hydrogens (tertiary/aromatic N) is 2. The van der Waals surface area contributed by atoms with E-state index in [2.05, 4.69) is 5.10 Å². The van der Waals surface area contributed by atoms with Crippen LogP contribution in [-0.4, -0.2) is 30.8 Å². The van der Waals surface area contributed by atoms with Gasteiger partial charge in [-0.05, 0) is 29.1 Å². The summed E-state index contributed by atoms with van der Waals surface area (Å²) in [4.78, 5) is 13.1. The van der Waals surface area contributed by atoms with Crippen molar-refractivity contribution in [1.82, 2.24) is 5.01 Å². The zero-order valence-electron chi connectivity index (χ0n) is 13.3. The minimum atomic E-state index is -0.145. The van der Waals surface area contributed by atoms with Gasteiger partial charge in [-0.25, -0.2) is 5.01 Å². The molecule has 2 aromatic rings. The van der Waals surface area contributed by atoms with Crippen molar-refractivity contribution in [2.45, 2.75) is 19.4 Å². The summed E-state index contributed by atoms with van der Waals surface area (Å²) in [6.45, 7) is 1.53. The molecule has 6 heteroatoms. The predicted octanol–water partition coefficient (Wildman–Crippen LogP) is 3.46. The molecule has 0 bridgehead atoms. The molecule has 0 saturated carbocycles. The molecule has 0 N–H and O–H groups in total. The molecule has 0 saturated heterocycles. The Hall–Kier alpha value is -2.34. The first-order valence-electron chi connectivity index (χ1n) is 7.26. The summed E-state index contributed by atoms with van der Waals surface area (Å²) in [5, 5.41) is 8.08. The van der Waals surface area contributed by atoms with Crippen LogP contribution >= 0.6 is 11.3 Å². The quantitative estimate of drug-likeness (QED) is 0.862. The van der Waals surface area contributed by atoms with Gasteiger partial charge >= 0.3 is 0 Å². The van der Waals surface area contributed by atoms with E-state index in [1.54, 1.807) is 30.6 Å². The van der Waals surface area contributed by atoms with Crippen molar-refractivity contribution in [2.75, 3.05) is 14.2 Å². The lowest BCUT2D eigenvalue weighted by molar-refractivity contribution is -0.130. The van der Waals surface area contributed by atoms with Crippen molar-refractivity contribution < 1.29 is 14.3 Å². The van der Waals surface area contributed by atoms with Gasteiger partial charge < -0.3 is 9.47 Å². The van der Waals surface area contributed by atoms with Crippen LogP contribution in [0.1, 0.15) is 29.8 Å². The molecule has 23 heavy (non-hydrogen) atoms. The number of hydrazone groups is 1. The highest BCUT2D eigenvalue weighted by molar-refractivity contribution is 7.12. The lowest BCUT2D eigenvalue weighted by Gasteiger charge is -2.21. The summed E-state index contributed by atoms with van der Waals surface area (Å²) >= 11 is 1.63. The first-order chi connectivity index (χ1) is 11.1. The molecule has 0 aliphatic carbocycles. The highest BCUT2D eigenvalue weighted by Gasteiger charge is 2.32. The van der Waals surface area contributed by atoms with E-state index in [0.29, 0.717) is 17.9 Å². The molecule has 120 valence electrons. The summed E-state index contributed by atoms with van der Waals surface area (Å²) in [6.07, 6.45) is 0.677. The van der Waals surface area contributed by atoms with Crippen LogP contribution in [0.15, 0.2) is 40.8 Å². The van der Waals surface area contributed by atoms with E-state index in [-0.39, 0.29) is 11.9 Å². The highest BCUT2D eigenvalue weighted by atomic mass is 32.1. The van der Waals surface area contributed by atoms with Crippen LogP contribution in [0.3, 0.4) is 0 Å². The van der Waals surface area contributed by atoms with Crippen molar-refractivity contribution in [3.05, 3.63) is 46.2 Å². The lowest BCUT2D eigenvalue weighted by atomic mass is 10.0. The molecule has 0 spiro atoms. The molecule has 2 heterocycles. The minimum Gasteiger partial charge on any atom is -0.497 e. The Morgan fingerprint density at radius 1 is 1.26 bits per heavy atom. The van der Waals surface area contributed by atoms with Crippen LogP contribution in [0, 0.1) is 0 Å². The Kier molecular flexibility index (Phi) is 4.34. The summed E-state index contributed by atoms with van der Waals surface area (Å²) in [7, 11) is 3.23. The molecule has 1 aliphatic rings. The third-order valence-electron chi connectivity index (χ3n) is 3.80. The van der Waals surface area contributed by atoms with Gasteiger partial charge in [0.2, 0.25) is 5.91 Å². The van der Waals surface area contributed by atoms with Crippen LogP contribution in [0.2, 0.25) is 0 Å². The number of carbonyl (C=O) groups excluding carboxylic acids is 1. The zero-order chi connectivity index (χ0) is 16.4. The summed E-state index contributed by atoms with van der Waals surface area (Å²) in [5.41, 5.74) is 1.88. The Labute approximate surface area is 139 Å². The highest BCUT2D eigenvalue weighted by Crippen LogP contribution is 2.37. The molecule has 1 atom stereocenters. The fraction of sp³-hybridized carbons (Fsp3) is 0.294. The average Bonchev–Trinajstić information content (AvgIpc) is 3.23.